The molecule has 1 nitrogen and oxygen atoms in total. The molecule has 0 unspecified atom stereocenters. The fourth-order valence-corrected chi connectivity index (χ4v) is 8.55. The van der Waals surface area contributed by atoms with Gasteiger partial charge in [-0.1, -0.05) is 152 Å². The second-order valence-corrected chi connectivity index (χ2v) is 13.6. The predicted molar refractivity (Wildman–Crippen MR) is 218 cm³/mol. The highest BCUT2D eigenvalue weighted by atomic mass is 16.3. The van der Waals surface area contributed by atoms with Crippen molar-refractivity contribution in [3.63, 3.8) is 0 Å². The van der Waals surface area contributed by atoms with Crippen LogP contribution >= 0.6 is 0 Å². The maximum Gasteiger partial charge on any atom is 0.136 e. The minimum Gasteiger partial charge on any atom is -0.456 e. The number of hydrogen-bond donors (Lipinski definition) is 0. The highest BCUT2D eigenvalue weighted by molar-refractivity contribution is 6.25. The fraction of sp³-hybridized carbons (Fsp3) is 0. The van der Waals surface area contributed by atoms with Gasteiger partial charge in [-0.15, -0.1) is 0 Å². The second kappa shape index (κ2) is 10.9. The van der Waals surface area contributed by atoms with E-state index in [1.807, 2.05) is 0 Å². The van der Waals surface area contributed by atoms with Crippen molar-refractivity contribution < 1.29 is 4.42 Å². The van der Waals surface area contributed by atoms with Crippen LogP contribution in [0.4, 0.5) is 0 Å². The van der Waals surface area contributed by atoms with Crippen LogP contribution in [0.1, 0.15) is 0 Å². The first-order valence-electron chi connectivity index (χ1n) is 17.6. The maximum atomic E-state index is 6.60. The Morgan fingerprint density at radius 2 is 0.784 bits per heavy atom. The molecule has 1 aromatic heterocycles. The van der Waals surface area contributed by atoms with Crippen molar-refractivity contribution in [3.05, 3.63) is 182 Å². The van der Waals surface area contributed by atoms with Crippen LogP contribution in [-0.2, 0) is 0 Å². The zero-order valence-electron chi connectivity index (χ0n) is 27.7. The van der Waals surface area contributed by atoms with Gasteiger partial charge in [0.2, 0.25) is 0 Å². The zero-order valence-corrected chi connectivity index (χ0v) is 27.7. The van der Waals surface area contributed by atoms with Crippen molar-refractivity contribution in [2.75, 3.05) is 0 Å². The maximum absolute atomic E-state index is 6.60. The molecule has 1 heterocycles. The van der Waals surface area contributed by atoms with Gasteiger partial charge in [0.15, 0.2) is 0 Å². The van der Waals surface area contributed by atoms with Crippen LogP contribution in [0, 0.1) is 0 Å². The number of furan rings is 1. The van der Waals surface area contributed by atoms with Crippen LogP contribution in [-0.4, -0.2) is 0 Å². The number of fused-ring (bicyclic) bond motifs is 9. The molecule has 10 aromatic carbocycles. The van der Waals surface area contributed by atoms with E-state index in [0.717, 1.165) is 22.1 Å². The number of rotatable bonds is 3. The Hall–Kier alpha value is -6.70. The van der Waals surface area contributed by atoms with Crippen molar-refractivity contribution in [2.24, 2.45) is 0 Å². The van der Waals surface area contributed by atoms with E-state index >= 15 is 0 Å². The van der Waals surface area contributed by atoms with Crippen molar-refractivity contribution >= 4 is 75.8 Å². The Bertz CT molecular complexity index is 3130. The SMILES string of the molecule is c1ccc2cc(-c3c4ccccc4c(-c4cccc5ccccc45)c4ccccc34)c(-c3ccc4c(c3)oc3ccc5ccccc5c34)cc2c1. The lowest BCUT2D eigenvalue weighted by Crippen LogP contribution is -1.94. The quantitative estimate of drug-likeness (QED) is 0.174. The predicted octanol–water partition coefficient (Wildman–Crippen LogP) is 14.4. The molecule has 236 valence electrons. The molecule has 0 radical (unpaired) electrons. The molecule has 0 fully saturated rings. The summed E-state index contributed by atoms with van der Waals surface area (Å²) in [6.45, 7) is 0. The monoisotopic (exact) mass is 646 g/mol. The van der Waals surface area contributed by atoms with Gasteiger partial charge < -0.3 is 4.42 Å². The van der Waals surface area contributed by atoms with Crippen LogP contribution in [0.3, 0.4) is 0 Å². The molecule has 1 heteroatoms. The summed E-state index contributed by atoms with van der Waals surface area (Å²) in [6.07, 6.45) is 0. The molecular weight excluding hydrogens is 617 g/mol. The summed E-state index contributed by atoms with van der Waals surface area (Å²) < 4.78 is 6.60. The van der Waals surface area contributed by atoms with Crippen molar-refractivity contribution in [2.45, 2.75) is 0 Å². The first-order chi connectivity index (χ1) is 25.3. The molecule has 0 saturated heterocycles. The summed E-state index contributed by atoms with van der Waals surface area (Å²) in [6, 6.07) is 66.4. The van der Waals surface area contributed by atoms with Crippen LogP contribution in [0.2, 0.25) is 0 Å². The average molecular weight is 647 g/mol. The molecule has 0 aliphatic heterocycles. The molecule has 0 bridgehead atoms. The third-order valence-corrected chi connectivity index (χ3v) is 10.8. The van der Waals surface area contributed by atoms with Gasteiger partial charge in [-0.2, -0.15) is 0 Å². The lowest BCUT2D eigenvalue weighted by molar-refractivity contribution is 0.669. The normalized spacial score (nSPS) is 11.9. The molecule has 0 aliphatic carbocycles. The Kier molecular flexibility index (Phi) is 6.02. The Morgan fingerprint density at radius 1 is 0.275 bits per heavy atom. The first kappa shape index (κ1) is 28.2. The summed E-state index contributed by atoms with van der Waals surface area (Å²) in [5, 5.41) is 14.7. The summed E-state index contributed by atoms with van der Waals surface area (Å²) in [5.41, 5.74) is 9.15. The van der Waals surface area contributed by atoms with E-state index in [-0.39, 0.29) is 0 Å². The number of benzene rings is 10. The third kappa shape index (κ3) is 4.22. The van der Waals surface area contributed by atoms with Gasteiger partial charge in [0.1, 0.15) is 11.2 Å². The van der Waals surface area contributed by atoms with E-state index in [2.05, 4.69) is 182 Å². The molecule has 0 aliphatic rings. The van der Waals surface area contributed by atoms with E-state index in [1.54, 1.807) is 0 Å². The molecule has 0 saturated carbocycles. The van der Waals surface area contributed by atoms with E-state index in [9.17, 15) is 0 Å². The minimum absolute atomic E-state index is 0.902. The summed E-state index contributed by atoms with van der Waals surface area (Å²) in [5.74, 6) is 0. The molecule has 0 amide bonds. The van der Waals surface area contributed by atoms with Gasteiger partial charge in [-0.25, -0.2) is 0 Å². The minimum atomic E-state index is 0.902. The highest BCUT2D eigenvalue weighted by Crippen LogP contribution is 2.48. The van der Waals surface area contributed by atoms with Crippen molar-refractivity contribution in [1.29, 1.82) is 0 Å². The Labute approximate surface area is 294 Å². The summed E-state index contributed by atoms with van der Waals surface area (Å²) in [4.78, 5) is 0. The van der Waals surface area contributed by atoms with Gasteiger partial charge >= 0.3 is 0 Å². The molecule has 0 N–H and O–H groups in total. The molecule has 0 spiro atoms. The van der Waals surface area contributed by atoms with Gasteiger partial charge in [0.25, 0.3) is 0 Å². The lowest BCUT2D eigenvalue weighted by atomic mass is 9.82. The van der Waals surface area contributed by atoms with Gasteiger partial charge in [-0.3, -0.25) is 0 Å². The van der Waals surface area contributed by atoms with E-state index in [4.69, 9.17) is 4.42 Å². The van der Waals surface area contributed by atoms with Crippen molar-refractivity contribution in [3.8, 4) is 33.4 Å². The molecule has 11 rings (SSSR count). The average Bonchev–Trinajstić information content (AvgIpc) is 3.58. The second-order valence-electron chi connectivity index (χ2n) is 13.6. The molecule has 0 atom stereocenters. The standard InChI is InChI=1S/C50H30O/c1-2-15-34-29-45(44(28-33(34)14-1)35-24-26-43-47(30-35)51-46-27-25-32-13-4-6-18-37(32)50(43)46)49-41-21-9-7-19-39(41)48(40-20-8-10-22-42(40)49)38-23-11-16-31-12-3-5-17-36(31)38/h1-30H. The van der Waals surface area contributed by atoms with Gasteiger partial charge in [-0.05, 0) is 118 Å². The largest absolute Gasteiger partial charge is 0.456 e. The van der Waals surface area contributed by atoms with Crippen LogP contribution in [0.25, 0.3) is 109 Å². The van der Waals surface area contributed by atoms with E-state index in [1.165, 1.54) is 87.1 Å². The lowest BCUT2D eigenvalue weighted by Gasteiger charge is -2.21. The smallest absolute Gasteiger partial charge is 0.136 e. The van der Waals surface area contributed by atoms with Crippen LogP contribution < -0.4 is 0 Å². The third-order valence-electron chi connectivity index (χ3n) is 10.8. The zero-order chi connectivity index (χ0) is 33.5. The summed E-state index contributed by atoms with van der Waals surface area (Å²) in [7, 11) is 0. The van der Waals surface area contributed by atoms with E-state index in [0.29, 0.717) is 0 Å². The fourth-order valence-electron chi connectivity index (χ4n) is 8.55. The number of hydrogen-bond acceptors (Lipinski definition) is 1. The highest BCUT2D eigenvalue weighted by Gasteiger charge is 2.21. The molecule has 51 heavy (non-hydrogen) atoms. The Balaban J connectivity index is 1.24. The van der Waals surface area contributed by atoms with Crippen LogP contribution in [0.5, 0.6) is 0 Å². The van der Waals surface area contributed by atoms with E-state index < -0.39 is 0 Å². The first-order valence-corrected chi connectivity index (χ1v) is 17.6. The molecule has 11 aromatic rings. The Morgan fingerprint density at radius 3 is 1.45 bits per heavy atom. The van der Waals surface area contributed by atoms with Crippen LogP contribution in [0.15, 0.2) is 186 Å². The van der Waals surface area contributed by atoms with Crippen molar-refractivity contribution in [1.82, 2.24) is 0 Å². The van der Waals surface area contributed by atoms with Gasteiger partial charge in [0, 0.05) is 10.8 Å². The summed E-state index contributed by atoms with van der Waals surface area (Å²) >= 11 is 0. The molecular formula is C50H30O. The van der Waals surface area contributed by atoms with Gasteiger partial charge in [0.05, 0.1) is 0 Å². The topological polar surface area (TPSA) is 13.1 Å².